The van der Waals surface area contributed by atoms with E-state index in [2.05, 4.69) is 25.7 Å². The van der Waals surface area contributed by atoms with Gasteiger partial charge in [-0.25, -0.2) is 4.39 Å². The maximum absolute atomic E-state index is 15.4. The van der Waals surface area contributed by atoms with Crippen molar-refractivity contribution in [1.82, 2.24) is 4.90 Å². The Morgan fingerprint density at radius 3 is 2.53 bits per heavy atom. The van der Waals surface area contributed by atoms with Crippen LogP contribution in [0.5, 0.6) is 0 Å². The number of fused-ring (bicyclic) bond motifs is 4. The first-order valence-electron chi connectivity index (χ1n) is 9.64. The Labute approximate surface area is 196 Å². The van der Waals surface area contributed by atoms with Crippen molar-refractivity contribution < 1.29 is 31.1 Å². The molecule has 5 rings (SSSR count). The summed E-state index contributed by atoms with van der Waals surface area (Å²) >= 11 is 6.55. The normalized spacial score (nSPS) is 26.2. The molecule has 1 aromatic rings. The standard InChI is InChI=1S/C20H15BrF6N2OS2/c21-12-2-1-11-14(15(12)22)19(31-5-6-32-19)4-3-18(11)9-29-8-10(20(25,26)27)7-13(16(29)28-18)30-17(23)24/h1-2,7-8,17H,3-6,9H2/t18-/m1/s1. The first-order valence-corrected chi connectivity index (χ1v) is 12.4. The van der Waals surface area contributed by atoms with Gasteiger partial charge in [-0.1, -0.05) is 6.07 Å². The van der Waals surface area contributed by atoms with E-state index in [9.17, 15) is 22.0 Å². The van der Waals surface area contributed by atoms with Gasteiger partial charge < -0.3 is 9.64 Å². The number of hydrogen-bond donors (Lipinski definition) is 0. The predicted octanol–water partition coefficient (Wildman–Crippen LogP) is 6.51. The largest absolute Gasteiger partial charge is 0.431 e. The zero-order valence-corrected chi connectivity index (χ0v) is 19.4. The van der Waals surface area contributed by atoms with Crippen LogP contribution in [-0.2, 0) is 14.4 Å². The van der Waals surface area contributed by atoms with Gasteiger partial charge in [0.1, 0.15) is 11.4 Å². The van der Waals surface area contributed by atoms with Gasteiger partial charge >= 0.3 is 12.8 Å². The van der Waals surface area contributed by atoms with E-state index in [0.717, 1.165) is 17.7 Å². The minimum Gasteiger partial charge on any atom is -0.431 e. The molecule has 3 heterocycles. The van der Waals surface area contributed by atoms with E-state index in [1.165, 1.54) is 4.90 Å². The smallest absolute Gasteiger partial charge is 0.417 e. The van der Waals surface area contributed by atoms with Crippen molar-refractivity contribution in [1.29, 1.82) is 0 Å². The van der Waals surface area contributed by atoms with Gasteiger partial charge in [0.15, 0.2) is 11.6 Å². The number of aliphatic imine (C=N–C) groups is 1. The van der Waals surface area contributed by atoms with Crippen LogP contribution in [-0.4, -0.2) is 41.6 Å². The summed E-state index contributed by atoms with van der Waals surface area (Å²) in [6.45, 7) is -3.33. The molecule has 1 atom stereocenters. The third-order valence-corrected chi connectivity index (χ3v) is 10.1. The SMILES string of the molecule is Fc1c(Br)ccc2c1C1(CC[C@@]23CN2C=C(C(F)(F)F)C=C(OC(F)F)C2=N3)SCCS1. The lowest BCUT2D eigenvalue weighted by Crippen LogP contribution is -2.40. The fourth-order valence-electron chi connectivity index (χ4n) is 4.68. The molecule has 1 fully saturated rings. The number of nitrogens with zero attached hydrogens (tertiary/aromatic N) is 2. The van der Waals surface area contributed by atoms with Crippen molar-refractivity contribution in [2.75, 3.05) is 18.1 Å². The summed E-state index contributed by atoms with van der Waals surface area (Å²) in [5, 5.41) is 0. The van der Waals surface area contributed by atoms with Crippen LogP contribution >= 0.6 is 39.5 Å². The summed E-state index contributed by atoms with van der Waals surface area (Å²) in [5.74, 6) is 0.554. The summed E-state index contributed by atoms with van der Waals surface area (Å²) in [4.78, 5) is 5.81. The lowest BCUT2D eigenvalue weighted by molar-refractivity contribution is -0.0981. The number of benzene rings is 1. The second-order valence-electron chi connectivity index (χ2n) is 7.80. The van der Waals surface area contributed by atoms with Crippen LogP contribution in [0.4, 0.5) is 26.3 Å². The molecule has 2 spiro atoms. The van der Waals surface area contributed by atoms with Crippen LogP contribution in [0.3, 0.4) is 0 Å². The second kappa shape index (κ2) is 7.63. The summed E-state index contributed by atoms with van der Waals surface area (Å²) in [7, 11) is 0. The van der Waals surface area contributed by atoms with Crippen LogP contribution in [0, 0.1) is 5.82 Å². The van der Waals surface area contributed by atoms with Crippen LogP contribution in [0.15, 0.2) is 45.2 Å². The molecule has 3 nitrogen and oxygen atoms in total. The van der Waals surface area contributed by atoms with Gasteiger partial charge in [-0.3, -0.25) is 4.99 Å². The minimum absolute atomic E-state index is 0.0225. The number of amidine groups is 1. The predicted molar refractivity (Wildman–Crippen MR) is 115 cm³/mol. The van der Waals surface area contributed by atoms with E-state index in [-0.39, 0.29) is 12.4 Å². The topological polar surface area (TPSA) is 24.8 Å². The van der Waals surface area contributed by atoms with Gasteiger partial charge in [-0.05, 0) is 46.5 Å². The van der Waals surface area contributed by atoms with Crippen molar-refractivity contribution in [2.24, 2.45) is 4.99 Å². The lowest BCUT2D eigenvalue weighted by Gasteiger charge is -2.42. The first kappa shape index (κ1) is 22.5. The molecule has 0 saturated carbocycles. The van der Waals surface area contributed by atoms with E-state index in [1.54, 1.807) is 35.7 Å². The summed E-state index contributed by atoms with van der Waals surface area (Å²) in [6.07, 6.45) is -2.36. The Kier molecular flexibility index (Phi) is 5.37. The van der Waals surface area contributed by atoms with Crippen LogP contribution < -0.4 is 0 Å². The maximum atomic E-state index is 15.4. The molecular formula is C20H15BrF6N2OS2. The first-order chi connectivity index (χ1) is 15.0. The summed E-state index contributed by atoms with van der Waals surface area (Å²) < 4.78 is 85.8. The molecule has 0 aromatic heterocycles. The van der Waals surface area contributed by atoms with Gasteiger partial charge in [0, 0.05) is 23.3 Å². The fourth-order valence-corrected chi connectivity index (χ4v) is 8.35. The van der Waals surface area contributed by atoms with Crippen LogP contribution in [0.1, 0.15) is 24.0 Å². The molecule has 3 aliphatic heterocycles. The van der Waals surface area contributed by atoms with E-state index in [4.69, 9.17) is 0 Å². The number of thioether (sulfide) groups is 2. The lowest BCUT2D eigenvalue weighted by atomic mass is 9.76. The molecule has 0 amide bonds. The fraction of sp³-hybridized carbons (Fsp3) is 0.450. The number of allylic oxidation sites excluding steroid dienone is 2. The third-order valence-electron chi connectivity index (χ3n) is 5.97. The van der Waals surface area contributed by atoms with Gasteiger partial charge in [0.2, 0.25) is 0 Å². The minimum atomic E-state index is -4.75. The highest BCUT2D eigenvalue weighted by Gasteiger charge is 2.55. The average Bonchev–Trinajstić information content (AvgIpc) is 3.32. The molecule has 1 saturated heterocycles. The zero-order valence-electron chi connectivity index (χ0n) is 16.2. The Balaban J connectivity index is 1.65. The Bertz CT molecular complexity index is 1070. The van der Waals surface area contributed by atoms with Crippen LogP contribution in [0.2, 0.25) is 0 Å². The quantitative estimate of drug-likeness (QED) is 0.388. The Hall–Kier alpha value is -1.27. The van der Waals surface area contributed by atoms with Crippen molar-refractivity contribution in [3.63, 3.8) is 0 Å². The highest BCUT2D eigenvalue weighted by molar-refractivity contribution is 9.10. The summed E-state index contributed by atoms with van der Waals surface area (Å²) in [6, 6.07) is 3.29. The third kappa shape index (κ3) is 3.48. The van der Waals surface area contributed by atoms with Gasteiger partial charge in [0.05, 0.1) is 20.7 Å². The molecule has 0 radical (unpaired) electrons. The van der Waals surface area contributed by atoms with Crippen LogP contribution in [0.25, 0.3) is 0 Å². The molecule has 0 bridgehead atoms. The molecule has 172 valence electrons. The molecule has 1 aliphatic carbocycles. The molecule has 1 aromatic carbocycles. The highest BCUT2D eigenvalue weighted by atomic mass is 79.9. The van der Waals surface area contributed by atoms with E-state index in [1.807, 2.05) is 0 Å². The van der Waals surface area contributed by atoms with Crippen molar-refractivity contribution >= 4 is 45.3 Å². The van der Waals surface area contributed by atoms with Gasteiger partial charge in [-0.15, -0.1) is 23.5 Å². The second-order valence-corrected chi connectivity index (χ2v) is 11.7. The molecule has 12 heteroatoms. The van der Waals surface area contributed by atoms with Gasteiger partial charge in [0.25, 0.3) is 0 Å². The number of halogens is 7. The summed E-state index contributed by atoms with van der Waals surface area (Å²) in [5.41, 5.74) is -1.12. The average molecular weight is 557 g/mol. The highest BCUT2D eigenvalue weighted by Crippen LogP contribution is 2.63. The monoisotopic (exact) mass is 556 g/mol. The van der Waals surface area contributed by atoms with E-state index >= 15 is 4.39 Å². The van der Waals surface area contributed by atoms with Crippen molar-refractivity contribution in [2.45, 2.75) is 35.2 Å². The molecule has 0 N–H and O–H groups in total. The van der Waals surface area contributed by atoms with E-state index in [0.29, 0.717) is 34.5 Å². The van der Waals surface area contributed by atoms with E-state index < -0.39 is 39.6 Å². The Morgan fingerprint density at radius 1 is 1.16 bits per heavy atom. The number of hydrogen-bond acceptors (Lipinski definition) is 5. The molecule has 32 heavy (non-hydrogen) atoms. The molecular weight excluding hydrogens is 542 g/mol. The zero-order chi connectivity index (χ0) is 22.9. The Morgan fingerprint density at radius 2 is 1.88 bits per heavy atom. The van der Waals surface area contributed by atoms with Crippen molar-refractivity contribution in [3.8, 4) is 0 Å². The number of ether oxygens (including phenoxy) is 1. The van der Waals surface area contributed by atoms with Gasteiger partial charge in [-0.2, -0.15) is 22.0 Å². The molecule has 0 unspecified atom stereocenters. The maximum Gasteiger partial charge on any atom is 0.417 e. The molecule has 4 aliphatic rings. The number of rotatable bonds is 2. The van der Waals surface area contributed by atoms with Crippen molar-refractivity contribution in [3.05, 3.63) is 57.2 Å². The number of alkyl halides is 5.